The summed E-state index contributed by atoms with van der Waals surface area (Å²) in [5.41, 5.74) is 2.10. The first kappa shape index (κ1) is 16.5. The van der Waals surface area contributed by atoms with Crippen molar-refractivity contribution in [2.75, 3.05) is 14.2 Å². The zero-order valence-corrected chi connectivity index (χ0v) is 13.5. The molecule has 1 heterocycles. The molecule has 2 aromatic rings. The molecule has 1 amide bonds. The van der Waals surface area contributed by atoms with Gasteiger partial charge in [-0.3, -0.25) is 9.78 Å². The van der Waals surface area contributed by atoms with Gasteiger partial charge in [-0.2, -0.15) is 0 Å². The number of allylic oxidation sites excluding steroid dienone is 1. The predicted octanol–water partition coefficient (Wildman–Crippen LogP) is 3.06. The van der Waals surface area contributed by atoms with E-state index in [0.717, 1.165) is 11.3 Å². The Labute approximate surface area is 136 Å². The van der Waals surface area contributed by atoms with Gasteiger partial charge >= 0.3 is 0 Å². The van der Waals surface area contributed by atoms with Crippen molar-refractivity contribution in [3.8, 4) is 11.5 Å². The lowest BCUT2D eigenvalue weighted by Crippen LogP contribution is -2.23. The molecule has 5 heteroatoms. The van der Waals surface area contributed by atoms with Crippen molar-refractivity contribution in [1.82, 2.24) is 10.3 Å². The van der Waals surface area contributed by atoms with Gasteiger partial charge in [0.05, 0.1) is 26.5 Å². The van der Waals surface area contributed by atoms with Gasteiger partial charge in [0.15, 0.2) is 11.5 Å². The van der Waals surface area contributed by atoms with Crippen molar-refractivity contribution >= 4 is 12.0 Å². The molecule has 0 radical (unpaired) electrons. The van der Waals surface area contributed by atoms with Gasteiger partial charge < -0.3 is 14.8 Å². The lowest BCUT2D eigenvalue weighted by molar-refractivity contribution is 0.0950. The van der Waals surface area contributed by atoms with Crippen LogP contribution in [-0.4, -0.2) is 25.1 Å². The molecule has 0 aliphatic heterocycles. The van der Waals surface area contributed by atoms with E-state index in [-0.39, 0.29) is 5.91 Å². The summed E-state index contributed by atoms with van der Waals surface area (Å²) in [5.74, 6) is 0.931. The monoisotopic (exact) mass is 312 g/mol. The molecule has 1 aromatic heterocycles. The highest BCUT2D eigenvalue weighted by atomic mass is 16.5. The number of carbonyl (C=O) groups is 1. The predicted molar refractivity (Wildman–Crippen MR) is 89.7 cm³/mol. The molecule has 0 unspecified atom stereocenters. The second-order valence-electron chi connectivity index (χ2n) is 4.80. The van der Waals surface area contributed by atoms with E-state index in [1.165, 1.54) is 0 Å². The van der Waals surface area contributed by atoms with Crippen LogP contribution in [0.5, 0.6) is 11.5 Å². The molecule has 120 valence electrons. The molecule has 0 fully saturated rings. The Morgan fingerprint density at radius 2 is 2.09 bits per heavy atom. The topological polar surface area (TPSA) is 60.5 Å². The molecule has 1 N–H and O–H groups in total. The fourth-order valence-electron chi connectivity index (χ4n) is 2.20. The van der Waals surface area contributed by atoms with E-state index in [1.54, 1.807) is 32.5 Å². The van der Waals surface area contributed by atoms with Crippen LogP contribution in [0.1, 0.15) is 28.5 Å². The number of aromatic nitrogens is 1. The molecule has 0 bridgehead atoms. The third-order valence-corrected chi connectivity index (χ3v) is 3.27. The maximum Gasteiger partial charge on any atom is 0.251 e. The molecule has 0 atom stereocenters. The summed E-state index contributed by atoms with van der Waals surface area (Å²) in [5, 5.41) is 2.85. The summed E-state index contributed by atoms with van der Waals surface area (Å²) < 4.78 is 10.7. The minimum absolute atomic E-state index is 0.192. The maximum absolute atomic E-state index is 12.4. The summed E-state index contributed by atoms with van der Waals surface area (Å²) in [6, 6.07) is 9.02. The number of carbonyl (C=O) groups excluding carboxylic acids is 1. The largest absolute Gasteiger partial charge is 0.493 e. The van der Waals surface area contributed by atoms with E-state index in [4.69, 9.17) is 9.47 Å². The average Bonchev–Trinajstić information content (AvgIpc) is 2.60. The summed E-state index contributed by atoms with van der Waals surface area (Å²) in [7, 11) is 3.12. The van der Waals surface area contributed by atoms with Crippen LogP contribution in [0.4, 0.5) is 0 Å². The van der Waals surface area contributed by atoms with Crippen molar-refractivity contribution in [1.29, 1.82) is 0 Å². The second kappa shape index (κ2) is 7.98. The van der Waals surface area contributed by atoms with Crippen LogP contribution >= 0.6 is 0 Å². The number of hydrogen-bond acceptors (Lipinski definition) is 4. The Balaban J connectivity index is 2.24. The van der Waals surface area contributed by atoms with Crippen molar-refractivity contribution in [2.45, 2.75) is 13.5 Å². The number of benzene rings is 1. The first-order valence-electron chi connectivity index (χ1n) is 7.26. The molecule has 0 saturated carbocycles. The van der Waals surface area contributed by atoms with Crippen LogP contribution in [0, 0.1) is 0 Å². The van der Waals surface area contributed by atoms with E-state index in [9.17, 15) is 4.79 Å². The summed E-state index contributed by atoms with van der Waals surface area (Å²) >= 11 is 0. The van der Waals surface area contributed by atoms with E-state index in [1.807, 2.05) is 37.3 Å². The van der Waals surface area contributed by atoms with Gasteiger partial charge in [-0.1, -0.05) is 18.2 Å². The number of nitrogens with zero attached hydrogens (tertiary/aromatic N) is 1. The Bertz CT molecular complexity index is 697. The number of pyridine rings is 1. The molecule has 1 aromatic carbocycles. The highest BCUT2D eigenvalue weighted by Gasteiger charge is 2.14. The van der Waals surface area contributed by atoms with Gasteiger partial charge in [-0.05, 0) is 31.2 Å². The highest BCUT2D eigenvalue weighted by Crippen LogP contribution is 2.33. The van der Waals surface area contributed by atoms with Crippen molar-refractivity contribution in [3.05, 3.63) is 59.4 Å². The van der Waals surface area contributed by atoms with Gasteiger partial charge in [0, 0.05) is 17.3 Å². The third kappa shape index (κ3) is 4.10. The van der Waals surface area contributed by atoms with E-state index in [0.29, 0.717) is 23.6 Å². The molecule has 0 saturated heterocycles. The van der Waals surface area contributed by atoms with E-state index in [2.05, 4.69) is 10.3 Å². The zero-order valence-electron chi connectivity index (χ0n) is 13.5. The quantitative estimate of drug-likeness (QED) is 0.890. The number of amides is 1. The molecule has 0 aliphatic carbocycles. The van der Waals surface area contributed by atoms with Gasteiger partial charge in [-0.15, -0.1) is 0 Å². The number of rotatable bonds is 6. The van der Waals surface area contributed by atoms with Crippen molar-refractivity contribution in [2.24, 2.45) is 0 Å². The first-order chi connectivity index (χ1) is 11.2. The third-order valence-electron chi connectivity index (χ3n) is 3.27. The van der Waals surface area contributed by atoms with Crippen LogP contribution in [0.2, 0.25) is 0 Å². The smallest absolute Gasteiger partial charge is 0.251 e. The maximum atomic E-state index is 12.4. The molecule has 0 aliphatic rings. The van der Waals surface area contributed by atoms with E-state index < -0.39 is 0 Å². The Morgan fingerprint density at radius 3 is 2.70 bits per heavy atom. The minimum Gasteiger partial charge on any atom is -0.493 e. The van der Waals surface area contributed by atoms with Gasteiger partial charge in [0.1, 0.15) is 0 Å². The van der Waals surface area contributed by atoms with Crippen LogP contribution in [0.3, 0.4) is 0 Å². The molecular formula is C18H20N2O3. The summed E-state index contributed by atoms with van der Waals surface area (Å²) in [4.78, 5) is 16.6. The van der Waals surface area contributed by atoms with Gasteiger partial charge in [0.2, 0.25) is 0 Å². The molecule has 5 nitrogen and oxygen atoms in total. The molecule has 23 heavy (non-hydrogen) atoms. The standard InChI is InChI=1S/C18H20N2O3/c1-4-7-13-10-14(11-16(22-2)17(13)23-3)18(21)20-12-15-8-5-6-9-19-15/h4-11H,12H2,1-3H3,(H,20,21)/b7-4+. The Morgan fingerprint density at radius 1 is 1.26 bits per heavy atom. The number of nitrogens with one attached hydrogen (secondary N) is 1. The number of ether oxygens (including phenoxy) is 2. The summed E-state index contributed by atoms with van der Waals surface area (Å²) in [6.07, 6.45) is 5.45. The molecule has 2 rings (SSSR count). The van der Waals surface area contributed by atoms with Crippen molar-refractivity contribution < 1.29 is 14.3 Å². The van der Waals surface area contributed by atoms with E-state index >= 15 is 0 Å². The minimum atomic E-state index is -0.192. The Kier molecular flexibility index (Phi) is 5.74. The summed E-state index contributed by atoms with van der Waals surface area (Å²) in [6.45, 7) is 2.27. The van der Waals surface area contributed by atoms with Crippen LogP contribution in [0.15, 0.2) is 42.6 Å². The fourth-order valence-corrected chi connectivity index (χ4v) is 2.20. The average molecular weight is 312 g/mol. The number of methoxy groups -OCH3 is 2. The lowest BCUT2D eigenvalue weighted by Gasteiger charge is -2.13. The Hall–Kier alpha value is -2.82. The SMILES string of the molecule is C/C=C/c1cc(C(=O)NCc2ccccn2)cc(OC)c1OC. The molecular weight excluding hydrogens is 292 g/mol. The highest BCUT2D eigenvalue weighted by molar-refractivity contribution is 5.95. The number of hydrogen-bond donors (Lipinski definition) is 1. The zero-order chi connectivity index (χ0) is 16.7. The second-order valence-corrected chi connectivity index (χ2v) is 4.80. The normalized spacial score (nSPS) is 10.6. The van der Waals surface area contributed by atoms with Crippen LogP contribution in [0.25, 0.3) is 6.08 Å². The van der Waals surface area contributed by atoms with Gasteiger partial charge in [0.25, 0.3) is 5.91 Å². The molecule has 0 spiro atoms. The lowest BCUT2D eigenvalue weighted by atomic mass is 10.1. The van der Waals surface area contributed by atoms with Gasteiger partial charge in [-0.25, -0.2) is 0 Å². The van der Waals surface area contributed by atoms with Crippen LogP contribution < -0.4 is 14.8 Å². The first-order valence-corrected chi connectivity index (χ1v) is 7.26. The van der Waals surface area contributed by atoms with Crippen LogP contribution in [-0.2, 0) is 6.54 Å². The van der Waals surface area contributed by atoms with Crippen molar-refractivity contribution in [3.63, 3.8) is 0 Å². The fraction of sp³-hybridized carbons (Fsp3) is 0.222.